The molecule has 1 atom stereocenters. The van der Waals surface area contributed by atoms with Crippen molar-refractivity contribution in [1.29, 1.82) is 0 Å². The monoisotopic (exact) mass is 361 g/mol. The number of benzene rings is 2. The van der Waals surface area contributed by atoms with Gasteiger partial charge in [0, 0.05) is 12.0 Å². The number of carbonyl (C=O) groups is 1. The van der Waals surface area contributed by atoms with Gasteiger partial charge >= 0.3 is 5.97 Å². The quantitative estimate of drug-likeness (QED) is 0.828. The minimum atomic E-state index is -3.72. The summed E-state index contributed by atoms with van der Waals surface area (Å²) in [5, 5.41) is 0. The third-order valence-corrected chi connectivity index (χ3v) is 5.42. The first kappa shape index (κ1) is 17.4. The smallest absolute Gasteiger partial charge is 0.338 e. The summed E-state index contributed by atoms with van der Waals surface area (Å²) < 4.78 is 38.5. The molecule has 1 aliphatic rings. The van der Waals surface area contributed by atoms with E-state index in [1.165, 1.54) is 24.3 Å². The first-order valence-electron chi connectivity index (χ1n) is 8.02. The number of ether oxygens (including phenoxy) is 2. The second kappa shape index (κ2) is 7.25. The summed E-state index contributed by atoms with van der Waals surface area (Å²) in [6, 6.07) is 12.7. The molecule has 1 heterocycles. The molecule has 0 radical (unpaired) electrons. The van der Waals surface area contributed by atoms with Crippen LogP contribution in [0.5, 0.6) is 5.75 Å². The van der Waals surface area contributed by atoms with Gasteiger partial charge < -0.3 is 9.47 Å². The van der Waals surface area contributed by atoms with Gasteiger partial charge in [-0.05, 0) is 37.3 Å². The maximum Gasteiger partial charge on any atom is 0.338 e. The first-order chi connectivity index (χ1) is 12.0. The van der Waals surface area contributed by atoms with Crippen molar-refractivity contribution in [3.63, 3.8) is 0 Å². The van der Waals surface area contributed by atoms with Gasteiger partial charge in [-0.15, -0.1) is 0 Å². The van der Waals surface area contributed by atoms with Crippen molar-refractivity contribution in [2.75, 3.05) is 13.2 Å². The van der Waals surface area contributed by atoms with Crippen molar-refractivity contribution >= 4 is 16.0 Å². The van der Waals surface area contributed by atoms with Crippen LogP contribution in [0.2, 0.25) is 0 Å². The van der Waals surface area contributed by atoms with E-state index in [1.54, 1.807) is 6.92 Å². The number of fused-ring (bicyclic) bond motifs is 1. The zero-order valence-electron chi connectivity index (χ0n) is 13.8. The van der Waals surface area contributed by atoms with Gasteiger partial charge in [0.2, 0.25) is 10.0 Å². The molecule has 2 aromatic carbocycles. The largest absolute Gasteiger partial charge is 0.493 e. The minimum absolute atomic E-state index is 0.101. The van der Waals surface area contributed by atoms with E-state index >= 15 is 0 Å². The van der Waals surface area contributed by atoms with Gasteiger partial charge in [-0.1, -0.05) is 18.2 Å². The van der Waals surface area contributed by atoms with E-state index in [2.05, 4.69) is 4.72 Å². The third-order valence-electron chi connectivity index (χ3n) is 3.93. The molecule has 0 amide bonds. The summed E-state index contributed by atoms with van der Waals surface area (Å²) in [7, 11) is -3.72. The zero-order valence-corrected chi connectivity index (χ0v) is 14.6. The highest BCUT2D eigenvalue weighted by Crippen LogP contribution is 2.32. The molecule has 0 aliphatic carbocycles. The summed E-state index contributed by atoms with van der Waals surface area (Å²) in [6.45, 7) is 2.43. The Morgan fingerprint density at radius 2 is 1.92 bits per heavy atom. The van der Waals surface area contributed by atoms with Crippen LogP contribution in [0.3, 0.4) is 0 Å². The molecule has 2 aromatic rings. The summed E-state index contributed by atoms with van der Waals surface area (Å²) in [5.74, 6) is 0.219. The molecule has 25 heavy (non-hydrogen) atoms. The fourth-order valence-electron chi connectivity index (χ4n) is 2.70. The molecule has 1 unspecified atom stereocenters. The van der Waals surface area contributed by atoms with Crippen molar-refractivity contribution in [3.8, 4) is 5.75 Å². The SMILES string of the molecule is CCOC(=O)c1ccc(S(=O)(=O)NC2CCOc3ccccc32)cc1. The molecule has 132 valence electrons. The molecule has 3 rings (SSSR count). The second-order valence-electron chi connectivity index (χ2n) is 5.59. The van der Waals surface area contributed by atoms with E-state index in [1.807, 2.05) is 24.3 Å². The van der Waals surface area contributed by atoms with E-state index in [0.29, 0.717) is 24.3 Å². The molecule has 0 spiro atoms. The number of esters is 1. The van der Waals surface area contributed by atoms with E-state index < -0.39 is 16.0 Å². The number of sulfonamides is 1. The minimum Gasteiger partial charge on any atom is -0.493 e. The van der Waals surface area contributed by atoms with Crippen LogP contribution in [0.15, 0.2) is 53.4 Å². The average Bonchev–Trinajstić information content (AvgIpc) is 2.62. The van der Waals surface area contributed by atoms with Crippen LogP contribution in [-0.4, -0.2) is 27.6 Å². The molecular weight excluding hydrogens is 342 g/mol. The normalized spacial score (nSPS) is 16.6. The lowest BCUT2D eigenvalue weighted by molar-refractivity contribution is 0.0526. The van der Waals surface area contributed by atoms with Gasteiger partial charge in [0.25, 0.3) is 0 Å². The van der Waals surface area contributed by atoms with Gasteiger partial charge in [0.05, 0.1) is 29.7 Å². The Hall–Kier alpha value is -2.38. The zero-order chi connectivity index (χ0) is 17.9. The van der Waals surface area contributed by atoms with Gasteiger partial charge in [-0.25, -0.2) is 17.9 Å². The van der Waals surface area contributed by atoms with Crippen LogP contribution in [0, 0.1) is 0 Å². The molecule has 0 saturated carbocycles. The maximum absolute atomic E-state index is 12.6. The lowest BCUT2D eigenvalue weighted by Gasteiger charge is -2.26. The fraction of sp³-hybridized carbons (Fsp3) is 0.278. The van der Waals surface area contributed by atoms with Gasteiger partial charge in [0.1, 0.15) is 5.75 Å². The average molecular weight is 361 g/mol. The van der Waals surface area contributed by atoms with Crippen LogP contribution in [0.4, 0.5) is 0 Å². The van der Waals surface area contributed by atoms with Crippen molar-refractivity contribution < 1.29 is 22.7 Å². The molecule has 1 N–H and O–H groups in total. The molecule has 1 aliphatic heterocycles. The molecule has 6 nitrogen and oxygen atoms in total. The topological polar surface area (TPSA) is 81.7 Å². The summed E-state index contributed by atoms with van der Waals surface area (Å²) in [5.41, 5.74) is 1.14. The number of nitrogens with one attached hydrogen (secondary N) is 1. The Labute approximate surface area is 146 Å². The van der Waals surface area contributed by atoms with Crippen LogP contribution in [0.25, 0.3) is 0 Å². The Morgan fingerprint density at radius 1 is 1.20 bits per heavy atom. The Bertz CT molecular complexity index is 861. The van der Waals surface area contributed by atoms with Gasteiger partial charge in [0.15, 0.2) is 0 Å². The summed E-state index contributed by atoms with van der Waals surface area (Å²) >= 11 is 0. The Balaban J connectivity index is 1.80. The fourth-order valence-corrected chi connectivity index (χ4v) is 3.95. The van der Waals surface area contributed by atoms with Gasteiger partial charge in [-0.3, -0.25) is 0 Å². The Kier molecular flexibility index (Phi) is 5.06. The molecule has 0 fully saturated rings. The van der Waals surface area contributed by atoms with Gasteiger partial charge in [-0.2, -0.15) is 0 Å². The van der Waals surface area contributed by atoms with Crippen molar-refractivity contribution in [2.45, 2.75) is 24.3 Å². The van der Waals surface area contributed by atoms with E-state index in [0.717, 1.165) is 5.56 Å². The van der Waals surface area contributed by atoms with Crippen LogP contribution in [0.1, 0.15) is 35.3 Å². The molecule has 0 bridgehead atoms. The number of para-hydroxylation sites is 1. The van der Waals surface area contributed by atoms with Crippen molar-refractivity contribution in [3.05, 3.63) is 59.7 Å². The van der Waals surface area contributed by atoms with Crippen molar-refractivity contribution in [2.24, 2.45) is 0 Å². The van der Waals surface area contributed by atoms with Crippen molar-refractivity contribution in [1.82, 2.24) is 4.72 Å². The van der Waals surface area contributed by atoms with E-state index in [4.69, 9.17) is 9.47 Å². The predicted molar refractivity (Wildman–Crippen MR) is 92.0 cm³/mol. The summed E-state index contributed by atoms with van der Waals surface area (Å²) in [6.07, 6.45) is 0.553. The number of hydrogen-bond donors (Lipinski definition) is 1. The molecule has 7 heteroatoms. The Morgan fingerprint density at radius 3 is 2.64 bits per heavy atom. The number of hydrogen-bond acceptors (Lipinski definition) is 5. The molecule has 0 aromatic heterocycles. The van der Waals surface area contributed by atoms with Crippen LogP contribution < -0.4 is 9.46 Å². The number of carbonyl (C=O) groups excluding carboxylic acids is 1. The lowest BCUT2D eigenvalue weighted by Crippen LogP contribution is -2.32. The number of rotatable bonds is 5. The van der Waals surface area contributed by atoms with E-state index in [-0.39, 0.29) is 17.5 Å². The maximum atomic E-state index is 12.6. The first-order valence-corrected chi connectivity index (χ1v) is 9.51. The predicted octanol–water partition coefficient (Wildman–Crippen LogP) is 2.67. The highest BCUT2D eigenvalue weighted by molar-refractivity contribution is 7.89. The third kappa shape index (κ3) is 3.83. The molecular formula is C18H19NO5S. The molecule has 0 saturated heterocycles. The van der Waals surface area contributed by atoms with Crippen LogP contribution in [-0.2, 0) is 14.8 Å². The highest BCUT2D eigenvalue weighted by Gasteiger charge is 2.26. The summed E-state index contributed by atoms with van der Waals surface area (Å²) in [4.78, 5) is 11.8. The van der Waals surface area contributed by atoms with E-state index in [9.17, 15) is 13.2 Å². The lowest BCUT2D eigenvalue weighted by atomic mass is 10.0. The highest BCUT2D eigenvalue weighted by atomic mass is 32.2. The standard InChI is InChI=1S/C18H19NO5S/c1-2-23-18(20)13-7-9-14(10-8-13)25(21,22)19-16-11-12-24-17-6-4-3-5-15(16)17/h3-10,16,19H,2,11-12H2,1H3. The second-order valence-corrected chi connectivity index (χ2v) is 7.31. The van der Waals surface area contributed by atoms with Crippen LogP contribution >= 0.6 is 0 Å².